The molecule has 0 saturated heterocycles. The highest BCUT2D eigenvalue weighted by molar-refractivity contribution is 6.30. The third-order valence-electron chi connectivity index (χ3n) is 4.86. The first-order chi connectivity index (χ1) is 14.4. The molecule has 1 aromatic carbocycles. The summed E-state index contributed by atoms with van der Waals surface area (Å²) in [5.74, 6) is 0.146. The zero-order chi connectivity index (χ0) is 21.3. The van der Waals surface area contributed by atoms with Crippen molar-refractivity contribution in [3.63, 3.8) is 0 Å². The van der Waals surface area contributed by atoms with Crippen molar-refractivity contribution >= 4 is 40.6 Å². The zero-order valence-corrected chi connectivity index (χ0v) is 17.3. The van der Waals surface area contributed by atoms with Crippen LogP contribution in [0, 0.1) is 13.8 Å². The monoisotopic (exact) mass is 421 g/mol. The van der Waals surface area contributed by atoms with Gasteiger partial charge in [0, 0.05) is 16.9 Å². The molecular weight excluding hydrogens is 402 g/mol. The molecule has 7 nitrogen and oxygen atoms in total. The van der Waals surface area contributed by atoms with Crippen LogP contribution in [0.3, 0.4) is 0 Å². The van der Waals surface area contributed by atoms with Crippen molar-refractivity contribution in [1.29, 1.82) is 0 Å². The number of carbonyl (C=O) groups is 2. The number of hydrogen-bond acceptors (Lipinski definition) is 5. The minimum atomic E-state index is -0.316. The fourth-order valence-electron chi connectivity index (χ4n) is 3.27. The van der Waals surface area contributed by atoms with Crippen molar-refractivity contribution < 1.29 is 9.59 Å². The highest BCUT2D eigenvalue weighted by Gasteiger charge is 2.26. The number of nitrogens with zero attached hydrogens (tertiary/aromatic N) is 3. The molecule has 1 aliphatic rings. The number of benzene rings is 1. The van der Waals surface area contributed by atoms with Crippen LogP contribution in [0.25, 0.3) is 0 Å². The molecule has 2 amide bonds. The van der Waals surface area contributed by atoms with E-state index in [-0.39, 0.29) is 18.4 Å². The maximum Gasteiger partial charge on any atom is 0.257 e. The molecule has 4 rings (SSSR count). The Hall–Kier alpha value is -3.45. The molecule has 3 heterocycles. The number of fused-ring (bicyclic) bond motifs is 1. The number of anilines is 3. The Labute approximate surface area is 179 Å². The van der Waals surface area contributed by atoms with Gasteiger partial charge in [-0.25, -0.2) is 4.98 Å². The number of carbonyl (C=O) groups excluding carboxylic acids is 2. The summed E-state index contributed by atoms with van der Waals surface area (Å²) >= 11 is 5.96. The smallest absolute Gasteiger partial charge is 0.257 e. The molecule has 0 spiro atoms. The van der Waals surface area contributed by atoms with Crippen molar-refractivity contribution in [3.8, 4) is 0 Å². The van der Waals surface area contributed by atoms with Crippen molar-refractivity contribution in [3.05, 3.63) is 76.2 Å². The topological polar surface area (TPSA) is 87.2 Å². The second kappa shape index (κ2) is 8.12. The van der Waals surface area contributed by atoms with Gasteiger partial charge in [0.1, 0.15) is 0 Å². The summed E-state index contributed by atoms with van der Waals surface area (Å²) in [5.41, 5.74) is 4.09. The van der Waals surface area contributed by atoms with Crippen LogP contribution in [0.4, 0.5) is 17.2 Å². The first kappa shape index (κ1) is 19.8. The number of rotatable bonds is 4. The molecule has 8 heteroatoms. The van der Waals surface area contributed by atoms with Gasteiger partial charge in [-0.3, -0.25) is 14.6 Å². The van der Waals surface area contributed by atoms with Gasteiger partial charge in [-0.2, -0.15) is 0 Å². The van der Waals surface area contributed by atoms with Gasteiger partial charge in [-0.15, -0.1) is 0 Å². The number of nitrogens with one attached hydrogen (secondary N) is 2. The normalized spacial score (nSPS) is 12.9. The molecule has 152 valence electrons. The minimum Gasteiger partial charge on any atom is -0.359 e. The van der Waals surface area contributed by atoms with E-state index in [1.54, 1.807) is 23.1 Å². The van der Waals surface area contributed by atoms with Crippen LogP contribution < -0.4 is 15.5 Å². The zero-order valence-electron chi connectivity index (χ0n) is 16.6. The number of aromatic nitrogens is 2. The van der Waals surface area contributed by atoms with Gasteiger partial charge < -0.3 is 15.5 Å². The Balaban J connectivity index is 1.61. The minimum absolute atomic E-state index is 0.101. The van der Waals surface area contributed by atoms with Crippen molar-refractivity contribution in [2.24, 2.45) is 0 Å². The molecule has 0 unspecified atom stereocenters. The summed E-state index contributed by atoms with van der Waals surface area (Å²) in [5, 5.41) is 6.50. The highest BCUT2D eigenvalue weighted by Crippen LogP contribution is 2.30. The van der Waals surface area contributed by atoms with E-state index in [0.29, 0.717) is 34.3 Å². The van der Waals surface area contributed by atoms with Gasteiger partial charge in [-0.1, -0.05) is 23.7 Å². The van der Waals surface area contributed by atoms with Crippen LogP contribution in [-0.2, 0) is 11.3 Å². The molecule has 3 aromatic rings. The molecule has 2 aromatic heterocycles. The van der Waals surface area contributed by atoms with E-state index in [9.17, 15) is 9.59 Å². The summed E-state index contributed by atoms with van der Waals surface area (Å²) in [6, 6.07) is 12.6. The highest BCUT2D eigenvalue weighted by atomic mass is 35.5. The summed E-state index contributed by atoms with van der Waals surface area (Å²) in [6.45, 7) is 4.24. The third kappa shape index (κ3) is 4.11. The Morgan fingerprint density at radius 1 is 1.20 bits per heavy atom. The van der Waals surface area contributed by atoms with Gasteiger partial charge >= 0.3 is 0 Å². The quantitative estimate of drug-likeness (QED) is 0.665. The third-order valence-corrected chi connectivity index (χ3v) is 5.11. The summed E-state index contributed by atoms with van der Waals surface area (Å²) in [4.78, 5) is 35.7. The first-order valence-electron chi connectivity index (χ1n) is 9.45. The number of halogens is 1. The number of pyridine rings is 2. The predicted molar refractivity (Wildman–Crippen MR) is 117 cm³/mol. The van der Waals surface area contributed by atoms with E-state index < -0.39 is 0 Å². The molecule has 0 radical (unpaired) electrons. The van der Waals surface area contributed by atoms with E-state index >= 15 is 0 Å². The Bertz CT molecular complexity index is 1130. The largest absolute Gasteiger partial charge is 0.359 e. The van der Waals surface area contributed by atoms with Crippen LogP contribution in [0.1, 0.15) is 27.3 Å². The molecule has 30 heavy (non-hydrogen) atoms. The van der Waals surface area contributed by atoms with Crippen LogP contribution in [0.5, 0.6) is 0 Å². The van der Waals surface area contributed by atoms with Gasteiger partial charge in [0.2, 0.25) is 5.91 Å². The molecule has 0 bridgehead atoms. The maximum absolute atomic E-state index is 12.8. The second-order valence-corrected chi connectivity index (χ2v) is 7.53. The fraction of sp³-hybridized carbons (Fsp3) is 0.182. The van der Waals surface area contributed by atoms with E-state index in [2.05, 4.69) is 20.6 Å². The number of hydrogen-bond donors (Lipinski definition) is 2. The summed E-state index contributed by atoms with van der Waals surface area (Å²) in [6.07, 6.45) is 1.49. The predicted octanol–water partition coefficient (Wildman–Crippen LogP) is 3.96. The average Bonchev–Trinajstić information content (AvgIpc) is 2.73. The van der Waals surface area contributed by atoms with Crippen LogP contribution >= 0.6 is 11.6 Å². The van der Waals surface area contributed by atoms with Gasteiger partial charge in [0.15, 0.2) is 5.82 Å². The van der Waals surface area contributed by atoms with E-state index in [4.69, 9.17) is 11.6 Å². The molecule has 1 aliphatic heterocycles. The van der Waals surface area contributed by atoms with Crippen molar-refractivity contribution in [2.45, 2.75) is 20.4 Å². The Morgan fingerprint density at radius 2 is 1.97 bits per heavy atom. The molecule has 2 N–H and O–H groups in total. The van der Waals surface area contributed by atoms with Gasteiger partial charge in [0.05, 0.1) is 35.7 Å². The number of amides is 2. The average molecular weight is 422 g/mol. The van der Waals surface area contributed by atoms with Crippen LogP contribution in [0.2, 0.25) is 5.02 Å². The molecule has 0 atom stereocenters. The molecule has 0 aliphatic carbocycles. The van der Waals surface area contributed by atoms with Crippen LogP contribution in [-0.4, -0.2) is 28.3 Å². The fourth-order valence-corrected chi connectivity index (χ4v) is 3.39. The number of aryl methyl sites for hydroxylation is 2. The van der Waals surface area contributed by atoms with Crippen molar-refractivity contribution in [1.82, 2.24) is 9.97 Å². The molecule has 0 saturated carbocycles. The van der Waals surface area contributed by atoms with Gasteiger partial charge in [0.25, 0.3) is 5.91 Å². The van der Waals surface area contributed by atoms with Gasteiger partial charge in [-0.05, 0) is 49.7 Å². The summed E-state index contributed by atoms with van der Waals surface area (Å²) in [7, 11) is 0. The standard InChI is InChI=1S/C22H20ClN5O2/c1-13-3-8-18(14(2)26-13)27-22(30)16-9-19-21(24-10-16)25-11-20(29)28(19)12-15-4-6-17(23)7-5-15/h3-10H,11-12H2,1-2H3,(H,24,25)(H,27,30). The first-order valence-corrected chi connectivity index (χ1v) is 9.83. The Morgan fingerprint density at radius 3 is 2.70 bits per heavy atom. The lowest BCUT2D eigenvalue weighted by Crippen LogP contribution is -2.40. The van der Waals surface area contributed by atoms with Crippen LogP contribution in [0.15, 0.2) is 48.7 Å². The molecule has 0 fully saturated rings. The SMILES string of the molecule is Cc1ccc(NC(=O)c2cnc3c(c2)N(Cc2ccc(Cl)cc2)C(=O)CN3)c(C)n1. The second-order valence-electron chi connectivity index (χ2n) is 7.09. The maximum atomic E-state index is 12.8. The van der Waals surface area contributed by atoms with E-state index in [0.717, 1.165) is 17.0 Å². The molecular formula is C22H20ClN5O2. The summed E-state index contributed by atoms with van der Waals surface area (Å²) < 4.78 is 0. The lowest BCUT2D eigenvalue weighted by atomic mass is 10.1. The lowest BCUT2D eigenvalue weighted by molar-refractivity contribution is -0.117. The van der Waals surface area contributed by atoms with E-state index in [1.807, 2.05) is 38.1 Å². The van der Waals surface area contributed by atoms with E-state index in [1.165, 1.54) is 6.20 Å². The van der Waals surface area contributed by atoms with Crippen molar-refractivity contribution in [2.75, 3.05) is 22.1 Å². The lowest BCUT2D eigenvalue weighted by Gasteiger charge is -2.29. The Kier molecular flexibility index (Phi) is 5.37.